The van der Waals surface area contributed by atoms with Crippen LogP contribution in [0.15, 0.2) is 12.1 Å². The molecule has 0 aliphatic carbocycles. The van der Waals surface area contributed by atoms with E-state index in [4.69, 9.17) is 0 Å². The van der Waals surface area contributed by atoms with E-state index in [0.29, 0.717) is 13.1 Å². The Labute approximate surface area is 114 Å². The molecule has 1 aromatic heterocycles. The number of sulfone groups is 1. The molecule has 6 nitrogen and oxygen atoms in total. The maximum atomic E-state index is 11.4. The van der Waals surface area contributed by atoms with Crippen molar-refractivity contribution in [3.05, 3.63) is 17.8 Å². The molecule has 19 heavy (non-hydrogen) atoms. The molecule has 1 saturated heterocycles. The van der Waals surface area contributed by atoms with E-state index in [0.717, 1.165) is 31.0 Å². The number of hydrogen-bond acceptors (Lipinski definition) is 6. The van der Waals surface area contributed by atoms with E-state index in [2.05, 4.69) is 22.4 Å². The zero-order valence-electron chi connectivity index (χ0n) is 11.2. The highest BCUT2D eigenvalue weighted by Crippen LogP contribution is 2.13. The molecular weight excluding hydrogens is 264 g/mol. The van der Waals surface area contributed by atoms with Crippen molar-refractivity contribution in [1.29, 1.82) is 0 Å². The van der Waals surface area contributed by atoms with Crippen LogP contribution in [0.2, 0.25) is 0 Å². The van der Waals surface area contributed by atoms with Gasteiger partial charge >= 0.3 is 0 Å². The molecule has 0 unspecified atom stereocenters. The van der Waals surface area contributed by atoms with Gasteiger partial charge in [-0.15, -0.1) is 5.10 Å². The SMILES string of the molecule is CCCNCc1ccc(N2CCS(=O)(=O)CC2)nn1. The summed E-state index contributed by atoms with van der Waals surface area (Å²) in [4.78, 5) is 1.97. The lowest BCUT2D eigenvalue weighted by atomic mass is 10.3. The molecular formula is C12H20N4O2S. The van der Waals surface area contributed by atoms with Crippen LogP contribution in [0.25, 0.3) is 0 Å². The smallest absolute Gasteiger partial charge is 0.153 e. The first-order chi connectivity index (χ1) is 9.11. The zero-order chi connectivity index (χ0) is 13.7. The van der Waals surface area contributed by atoms with Gasteiger partial charge in [-0.1, -0.05) is 6.92 Å². The Balaban J connectivity index is 1.91. The summed E-state index contributed by atoms with van der Waals surface area (Å²) in [5, 5.41) is 11.6. The lowest BCUT2D eigenvalue weighted by Crippen LogP contribution is -2.40. The molecule has 7 heteroatoms. The van der Waals surface area contributed by atoms with Gasteiger partial charge in [-0.05, 0) is 25.1 Å². The first kappa shape index (κ1) is 14.2. The van der Waals surface area contributed by atoms with Crippen LogP contribution in [0.4, 0.5) is 5.82 Å². The Bertz CT molecular complexity index is 487. The van der Waals surface area contributed by atoms with Crippen molar-refractivity contribution >= 4 is 15.7 Å². The van der Waals surface area contributed by atoms with Crippen molar-refractivity contribution in [2.45, 2.75) is 19.9 Å². The van der Waals surface area contributed by atoms with Gasteiger partial charge in [-0.2, -0.15) is 5.10 Å². The van der Waals surface area contributed by atoms with Crippen LogP contribution in [-0.2, 0) is 16.4 Å². The van der Waals surface area contributed by atoms with Crippen LogP contribution in [0.5, 0.6) is 0 Å². The third-order valence-corrected chi connectivity index (χ3v) is 4.72. The van der Waals surface area contributed by atoms with E-state index >= 15 is 0 Å². The Morgan fingerprint density at radius 2 is 2.00 bits per heavy atom. The quantitative estimate of drug-likeness (QED) is 0.779. The number of hydrogen-bond donors (Lipinski definition) is 1. The topological polar surface area (TPSA) is 75.2 Å². The average Bonchev–Trinajstić information content (AvgIpc) is 2.40. The highest BCUT2D eigenvalue weighted by atomic mass is 32.2. The normalized spacial score (nSPS) is 18.5. The van der Waals surface area contributed by atoms with E-state index in [9.17, 15) is 8.42 Å². The largest absolute Gasteiger partial charge is 0.353 e. The van der Waals surface area contributed by atoms with Gasteiger partial charge < -0.3 is 10.2 Å². The van der Waals surface area contributed by atoms with Gasteiger partial charge in [-0.3, -0.25) is 0 Å². The van der Waals surface area contributed by atoms with Crippen molar-refractivity contribution in [2.24, 2.45) is 0 Å². The van der Waals surface area contributed by atoms with Crippen LogP contribution in [0.3, 0.4) is 0 Å². The highest BCUT2D eigenvalue weighted by molar-refractivity contribution is 7.91. The van der Waals surface area contributed by atoms with E-state index < -0.39 is 9.84 Å². The van der Waals surface area contributed by atoms with Crippen molar-refractivity contribution < 1.29 is 8.42 Å². The minimum absolute atomic E-state index is 0.203. The maximum absolute atomic E-state index is 11.4. The average molecular weight is 284 g/mol. The molecule has 1 N–H and O–H groups in total. The molecule has 2 rings (SSSR count). The summed E-state index contributed by atoms with van der Waals surface area (Å²) in [5.74, 6) is 1.16. The second kappa shape index (κ2) is 6.29. The Morgan fingerprint density at radius 1 is 1.26 bits per heavy atom. The first-order valence-electron chi connectivity index (χ1n) is 6.59. The van der Waals surface area contributed by atoms with Gasteiger partial charge in [-0.25, -0.2) is 8.42 Å². The van der Waals surface area contributed by atoms with E-state index in [1.807, 2.05) is 17.0 Å². The molecule has 2 heterocycles. The second-order valence-electron chi connectivity index (χ2n) is 4.70. The summed E-state index contributed by atoms with van der Waals surface area (Å²) in [6, 6.07) is 3.85. The van der Waals surface area contributed by atoms with Crippen molar-refractivity contribution in [1.82, 2.24) is 15.5 Å². The third kappa shape index (κ3) is 4.14. The maximum Gasteiger partial charge on any atom is 0.153 e. The van der Waals surface area contributed by atoms with Gasteiger partial charge in [0, 0.05) is 19.6 Å². The monoisotopic (exact) mass is 284 g/mol. The van der Waals surface area contributed by atoms with Gasteiger partial charge in [0.2, 0.25) is 0 Å². The van der Waals surface area contributed by atoms with Crippen LogP contribution < -0.4 is 10.2 Å². The number of aromatic nitrogens is 2. The van der Waals surface area contributed by atoms with Crippen molar-refractivity contribution in [3.8, 4) is 0 Å². The minimum Gasteiger partial charge on any atom is -0.353 e. The first-order valence-corrected chi connectivity index (χ1v) is 8.41. The summed E-state index contributed by atoms with van der Waals surface area (Å²) in [5.41, 5.74) is 0.904. The van der Waals surface area contributed by atoms with Crippen molar-refractivity contribution in [3.63, 3.8) is 0 Å². The molecule has 0 saturated carbocycles. The number of nitrogens with zero attached hydrogens (tertiary/aromatic N) is 3. The fraction of sp³-hybridized carbons (Fsp3) is 0.667. The van der Waals surface area contributed by atoms with Gasteiger partial charge in [0.15, 0.2) is 15.7 Å². The lowest BCUT2D eigenvalue weighted by Gasteiger charge is -2.27. The van der Waals surface area contributed by atoms with E-state index in [-0.39, 0.29) is 11.5 Å². The van der Waals surface area contributed by atoms with Crippen LogP contribution in [-0.4, -0.2) is 49.8 Å². The number of anilines is 1. The fourth-order valence-corrected chi connectivity index (χ4v) is 3.15. The van der Waals surface area contributed by atoms with E-state index in [1.165, 1.54) is 0 Å². The summed E-state index contributed by atoms with van der Waals surface area (Å²) >= 11 is 0. The molecule has 1 aliphatic rings. The number of rotatable bonds is 5. The molecule has 1 aliphatic heterocycles. The minimum atomic E-state index is -2.85. The van der Waals surface area contributed by atoms with Crippen LogP contribution in [0.1, 0.15) is 19.0 Å². The van der Waals surface area contributed by atoms with Crippen LogP contribution in [0, 0.1) is 0 Å². The zero-order valence-corrected chi connectivity index (χ0v) is 12.0. The molecule has 0 bridgehead atoms. The summed E-state index contributed by atoms with van der Waals surface area (Å²) < 4.78 is 22.7. The standard InChI is InChI=1S/C12H20N4O2S/c1-2-5-13-10-11-3-4-12(15-14-11)16-6-8-19(17,18)9-7-16/h3-4,13H,2,5-10H2,1H3. The van der Waals surface area contributed by atoms with Crippen molar-refractivity contribution in [2.75, 3.05) is 36.0 Å². The summed E-state index contributed by atoms with van der Waals surface area (Å²) in [6.45, 7) is 4.81. The van der Waals surface area contributed by atoms with Gasteiger partial charge in [0.1, 0.15) is 0 Å². The number of nitrogens with one attached hydrogen (secondary N) is 1. The Hall–Kier alpha value is -1.21. The molecule has 0 spiro atoms. The Morgan fingerprint density at radius 3 is 2.58 bits per heavy atom. The van der Waals surface area contributed by atoms with Crippen LogP contribution >= 0.6 is 0 Å². The van der Waals surface area contributed by atoms with Gasteiger partial charge in [0.05, 0.1) is 17.2 Å². The molecule has 0 amide bonds. The molecule has 106 valence electrons. The second-order valence-corrected chi connectivity index (χ2v) is 7.00. The summed E-state index contributed by atoms with van der Waals surface area (Å²) in [6.07, 6.45) is 1.09. The molecule has 0 aromatic carbocycles. The molecule has 0 atom stereocenters. The molecule has 1 aromatic rings. The highest BCUT2D eigenvalue weighted by Gasteiger charge is 2.22. The lowest BCUT2D eigenvalue weighted by molar-refractivity contribution is 0.585. The summed E-state index contributed by atoms with van der Waals surface area (Å²) in [7, 11) is -2.85. The van der Waals surface area contributed by atoms with Gasteiger partial charge in [0.25, 0.3) is 0 Å². The third-order valence-electron chi connectivity index (χ3n) is 3.11. The fourth-order valence-electron chi connectivity index (χ4n) is 1.95. The predicted molar refractivity (Wildman–Crippen MR) is 74.9 cm³/mol. The Kier molecular flexibility index (Phi) is 4.71. The molecule has 1 fully saturated rings. The predicted octanol–water partition coefficient (Wildman–Crippen LogP) is 0.211. The molecule has 0 radical (unpaired) electrons. The van der Waals surface area contributed by atoms with E-state index in [1.54, 1.807) is 0 Å².